The maximum Gasteiger partial charge on any atom is 0.139 e. The Morgan fingerprint density at radius 1 is 1.00 bits per heavy atom. The van der Waals surface area contributed by atoms with E-state index in [4.69, 9.17) is 0 Å². The van der Waals surface area contributed by atoms with Crippen molar-refractivity contribution in [2.45, 2.75) is 13.3 Å². The van der Waals surface area contributed by atoms with Gasteiger partial charge in [0.05, 0.1) is 5.52 Å². The quantitative estimate of drug-likeness (QED) is 0.729. The van der Waals surface area contributed by atoms with E-state index in [2.05, 4.69) is 71.3 Å². The van der Waals surface area contributed by atoms with Gasteiger partial charge in [0.2, 0.25) is 0 Å². The summed E-state index contributed by atoms with van der Waals surface area (Å²) in [5.74, 6) is 1.000. The number of rotatable bonds is 4. The fraction of sp³-hybridized carbons (Fsp3) is 0.222. The van der Waals surface area contributed by atoms with Crippen LogP contribution in [0.4, 0.5) is 5.82 Å². The monoisotopic (exact) mass is 277 g/mol. The molecule has 3 rings (SSSR count). The maximum absolute atomic E-state index is 4.48. The fourth-order valence-corrected chi connectivity index (χ4v) is 2.51. The van der Waals surface area contributed by atoms with Gasteiger partial charge in [0.15, 0.2) is 0 Å². The van der Waals surface area contributed by atoms with Crippen molar-refractivity contribution >= 4 is 16.7 Å². The Morgan fingerprint density at radius 2 is 1.81 bits per heavy atom. The van der Waals surface area contributed by atoms with Gasteiger partial charge in [0.25, 0.3) is 0 Å². The molecule has 0 bridgehead atoms. The van der Waals surface area contributed by atoms with Crippen LogP contribution in [0.15, 0.2) is 54.9 Å². The van der Waals surface area contributed by atoms with Gasteiger partial charge in [-0.05, 0) is 31.0 Å². The Morgan fingerprint density at radius 3 is 2.62 bits per heavy atom. The van der Waals surface area contributed by atoms with E-state index >= 15 is 0 Å². The van der Waals surface area contributed by atoms with Gasteiger partial charge < -0.3 is 4.90 Å². The van der Waals surface area contributed by atoms with Crippen LogP contribution in [0.1, 0.15) is 11.1 Å². The van der Waals surface area contributed by atoms with E-state index in [1.54, 1.807) is 6.33 Å². The highest BCUT2D eigenvalue weighted by atomic mass is 15.2. The normalized spacial score (nSPS) is 10.8. The van der Waals surface area contributed by atoms with Crippen LogP contribution in [0.3, 0.4) is 0 Å². The summed E-state index contributed by atoms with van der Waals surface area (Å²) in [6, 6.07) is 16.8. The number of benzene rings is 2. The van der Waals surface area contributed by atoms with Gasteiger partial charge in [0.1, 0.15) is 12.1 Å². The molecule has 0 atom stereocenters. The standard InChI is InChI=1S/C18H19N3/c1-14-8-9-17-16(12-14)18(20-13-19-17)21(2)11-10-15-6-4-3-5-7-15/h3-9,12-13H,10-11H2,1-2H3. The minimum Gasteiger partial charge on any atom is -0.359 e. The fourth-order valence-electron chi connectivity index (χ4n) is 2.51. The molecule has 21 heavy (non-hydrogen) atoms. The van der Waals surface area contributed by atoms with Crippen LogP contribution in [0.5, 0.6) is 0 Å². The van der Waals surface area contributed by atoms with Gasteiger partial charge in [-0.2, -0.15) is 0 Å². The van der Waals surface area contributed by atoms with Crippen molar-refractivity contribution in [3.05, 3.63) is 66.0 Å². The van der Waals surface area contributed by atoms with Gasteiger partial charge >= 0.3 is 0 Å². The first kappa shape index (κ1) is 13.6. The summed E-state index contributed by atoms with van der Waals surface area (Å²) in [6.07, 6.45) is 2.65. The second-order valence-corrected chi connectivity index (χ2v) is 5.38. The molecule has 0 aliphatic rings. The summed E-state index contributed by atoms with van der Waals surface area (Å²) in [6.45, 7) is 3.03. The maximum atomic E-state index is 4.48. The summed E-state index contributed by atoms with van der Waals surface area (Å²) >= 11 is 0. The Bertz CT molecular complexity index is 738. The van der Waals surface area contributed by atoms with Crippen LogP contribution in [-0.2, 0) is 6.42 Å². The van der Waals surface area contributed by atoms with Gasteiger partial charge in [0, 0.05) is 19.0 Å². The van der Waals surface area contributed by atoms with Crippen molar-refractivity contribution in [2.75, 3.05) is 18.5 Å². The Balaban J connectivity index is 1.84. The lowest BCUT2D eigenvalue weighted by atomic mass is 10.1. The van der Waals surface area contributed by atoms with Crippen LogP contribution in [-0.4, -0.2) is 23.6 Å². The molecule has 0 N–H and O–H groups in total. The summed E-state index contributed by atoms with van der Waals surface area (Å²) in [7, 11) is 2.09. The second-order valence-electron chi connectivity index (χ2n) is 5.38. The van der Waals surface area contributed by atoms with Crippen LogP contribution in [0.2, 0.25) is 0 Å². The van der Waals surface area contributed by atoms with Gasteiger partial charge in [-0.1, -0.05) is 42.0 Å². The molecular formula is C18H19N3. The van der Waals surface area contributed by atoms with Gasteiger partial charge in [-0.15, -0.1) is 0 Å². The number of aromatic nitrogens is 2. The largest absolute Gasteiger partial charge is 0.359 e. The lowest BCUT2D eigenvalue weighted by Crippen LogP contribution is -2.21. The molecule has 0 saturated carbocycles. The Kier molecular flexibility index (Phi) is 3.82. The van der Waals surface area contributed by atoms with E-state index in [9.17, 15) is 0 Å². The molecule has 0 aliphatic carbocycles. The Labute approximate surface area is 125 Å². The van der Waals surface area contributed by atoms with Crippen molar-refractivity contribution in [2.24, 2.45) is 0 Å². The van der Waals surface area contributed by atoms with Crippen molar-refractivity contribution < 1.29 is 0 Å². The number of hydrogen-bond acceptors (Lipinski definition) is 3. The number of likely N-dealkylation sites (N-methyl/N-ethyl adjacent to an activating group) is 1. The minimum atomic E-state index is 0.935. The summed E-state index contributed by atoms with van der Waals surface area (Å²) < 4.78 is 0. The molecule has 1 heterocycles. The third-order valence-corrected chi connectivity index (χ3v) is 3.71. The van der Waals surface area contributed by atoms with Crippen LogP contribution >= 0.6 is 0 Å². The summed E-state index contributed by atoms with van der Waals surface area (Å²) in [5.41, 5.74) is 3.58. The molecule has 0 fully saturated rings. The van der Waals surface area contributed by atoms with Crippen LogP contribution in [0, 0.1) is 6.92 Å². The molecule has 0 radical (unpaired) electrons. The highest BCUT2D eigenvalue weighted by molar-refractivity contribution is 5.89. The molecule has 106 valence electrons. The van der Waals surface area contributed by atoms with E-state index in [0.29, 0.717) is 0 Å². The lowest BCUT2D eigenvalue weighted by Gasteiger charge is -2.19. The minimum absolute atomic E-state index is 0.935. The zero-order valence-corrected chi connectivity index (χ0v) is 12.5. The first-order valence-electron chi connectivity index (χ1n) is 7.20. The molecule has 3 heteroatoms. The average molecular weight is 277 g/mol. The zero-order valence-electron chi connectivity index (χ0n) is 12.5. The molecule has 0 saturated heterocycles. The molecule has 0 amide bonds. The molecule has 3 aromatic rings. The van der Waals surface area contributed by atoms with Gasteiger partial charge in [-0.25, -0.2) is 9.97 Å². The van der Waals surface area contributed by atoms with E-state index in [-0.39, 0.29) is 0 Å². The van der Waals surface area contributed by atoms with Crippen molar-refractivity contribution in [1.29, 1.82) is 0 Å². The van der Waals surface area contributed by atoms with E-state index in [1.165, 1.54) is 11.1 Å². The zero-order chi connectivity index (χ0) is 14.7. The first-order chi connectivity index (χ1) is 10.2. The predicted molar refractivity (Wildman–Crippen MR) is 87.7 cm³/mol. The first-order valence-corrected chi connectivity index (χ1v) is 7.20. The number of aryl methyl sites for hydroxylation is 1. The van der Waals surface area contributed by atoms with Crippen molar-refractivity contribution in [3.63, 3.8) is 0 Å². The highest BCUT2D eigenvalue weighted by Gasteiger charge is 2.08. The molecule has 2 aromatic carbocycles. The summed E-state index contributed by atoms with van der Waals surface area (Å²) in [4.78, 5) is 11.0. The third kappa shape index (κ3) is 3.02. The van der Waals surface area contributed by atoms with Crippen LogP contribution < -0.4 is 4.90 Å². The predicted octanol–water partition coefficient (Wildman–Crippen LogP) is 3.62. The highest BCUT2D eigenvalue weighted by Crippen LogP contribution is 2.23. The van der Waals surface area contributed by atoms with E-state index in [0.717, 1.165) is 29.7 Å². The number of hydrogen-bond donors (Lipinski definition) is 0. The van der Waals surface area contributed by atoms with E-state index < -0.39 is 0 Å². The SMILES string of the molecule is Cc1ccc2ncnc(N(C)CCc3ccccc3)c2c1. The number of nitrogens with zero attached hydrogens (tertiary/aromatic N) is 3. The number of anilines is 1. The topological polar surface area (TPSA) is 29.0 Å². The third-order valence-electron chi connectivity index (χ3n) is 3.71. The smallest absolute Gasteiger partial charge is 0.139 e. The lowest BCUT2D eigenvalue weighted by molar-refractivity contribution is 0.862. The summed E-state index contributed by atoms with van der Waals surface area (Å²) in [5, 5.41) is 1.12. The Hall–Kier alpha value is -2.42. The van der Waals surface area contributed by atoms with Crippen molar-refractivity contribution in [3.8, 4) is 0 Å². The molecule has 3 nitrogen and oxygen atoms in total. The average Bonchev–Trinajstić information content (AvgIpc) is 2.53. The number of fused-ring (bicyclic) bond motifs is 1. The molecule has 0 spiro atoms. The van der Waals surface area contributed by atoms with Gasteiger partial charge in [-0.3, -0.25) is 0 Å². The molecule has 0 aliphatic heterocycles. The van der Waals surface area contributed by atoms with E-state index in [1.807, 2.05) is 6.07 Å². The molecule has 0 unspecified atom stereocenters. The van der Waals surface area contributed by atoms with Crippen molar-refractivity contribution in [1.82, 2.24) is 9.97 Å². The van der Waals surface area contributed by atoms with Crippen LogP contribution in [0.25, 0.3) is 10.9 Å². The molecular weight excluding hydrogens is 258 g/mol. The second kappa shape index (κ2) is 5.92. The molecule has 1 aromatic heterocycles.